The molecule has 0 aromatic carbocycles. The van der Waals surface area contributed by atoms with Gasteiger partial charge in [0.1, 0.15) is 0 Å². The summed E-state index contributed by atoms with van der Waals surface area (Å²) in [7, 11) is 0. The minimum atomic E-state index is 0.701. The zero-order valence-corrected chi connectivity index (χ0v) is 12.8. The SMILES string of the molecule is CSC(C)CCNC1CCN(c2ccncc2)CC1. The van der Waals surface area contributed by atoms with E-state index >= 15 is 0 Å². The highest BCUT2D eigenvalue weighted by molar-refractivity contribution is 7.99. The van der Waals surface area contributed by atoms with Crippen molar-refractivity contribution in [1.29, 1.82) is 0 Å². The van der Waals surface area contributed by atoms with Gasteiger partial charge in [-0.05, 0) is 44.2 Å². The van der Waals surface area contributed by atoms with Crippen LogP contribution < -0.4 is 10.2 Å². The lowest BCUT2D eigenvalue weighted by molar-refractivity contribution is 0.413. The molecular formula is C15H25N3S. The molecule has 1 aromatic rings. The number of piperidine rings is 1. The minimum absolute atomic E-state index is 0.701. The molecule has 0 bridgehead atoms. The first-order chi connectivity index (χ1) is 9.29. The molecule has 2 rings (SSSR count). The van der Waals surface area contributed by atoms with Crippen LogP contribution in [0.3, 0.4) is 0 Å². The fraction of sp³-hybridized carbons (Fsp3) is 0.667. The van der Waals surface area contributed by atoms with Crippen LogP contribution >= 0.6 is 11.8 Å². The van der Waals surface area contributed by atoms with Gasteiger partial charge in [-0.3, -0.25) is 4.98 Å². The Balaban J connectivity index is 1.68. The summed E-state index contributed by atoms with van der Waals surface area (Å²) in [5, 5.41) is 4.47. The van der Waals surface area contributed by atoms with Crippen LogP contribution in [0.2, 0.25) is 0 Å². The van der Waals surface area contributed by atoms with Gasteiger partial charge < -0.3 is 10.2 Å². The van der Waals surface area contributed by atoms with Gasteiger partial charge in [-0.2, -0.15) is 11.8 Å². The van der Waals surface area contributed by atoms with E-state index in [-0.39, 0.29) is 0 Å². The molecule has 0 saturated carbocycles. The Morgan fingerprint density at radius 2 is 2.05 bits per heavy atom. The Kier molecular flexibility index (Phi) is 5.98. The lowest BCUT2D eigenvalue weighted by Gasteiger charge is -2.34. The van der Waals surface area contributed by atoms with E-state index in [9.17, 15) is 0 Å². The smallest absolute Gasteiger partial charge is 0.0397 e. The highest BCUT2D eigenvalue weighted by Crippen LogP contribution is 2.19. The molecule has 3 nitrogen and oxygen atoms in total. The number of nitrogens with one attached hydrogen (secondary N) is 1. The van der Waals surface area contributed by atoms with Crippen molar-refractivity contribution in [1.82, 2.24) is 10.3 Å². The van der Waals surface area contributed by atoms with Crippen LogP contribution in [0.25, 0.3) is 0 Å². The topological polar surface area (TPSA) is 28.2 Å². The van der Waals surface area contributed by atoms with Gasteiger partial charge in [0, 0.05) is 42.5 Å². The van der Waals surface area contributed by atoms with E-state index in [0.717, 1.165) is 24.9 Å². The molecule has 0 spiro atoms. The first-order valence-corrected chi connectivity index (χ1v) is 8.49. The minimum Gasteiger partial charge on any atom is -0.371 e. The lowest BCUT2D eigenvalue weighted by Crippen LogP contribution is -2.43. The number of aromatic nitrogens is 1. The Morgan fingerprint density at radius 3 is 2.68 bits per heavy atom. The van der Waals surface area contributed by atoms with Gasteiger partial charge in [0.15, 0.2) is 0 Å². The van der Waals surface area contributed by atoms with Crippen LogP contribution in [-0.4, -0.2) is 42.2 Å². The standard InChI is InChI=1S/C15H25N3S/c1-13(19-2)3-10-17-14-6-11-18(12-7-14)15-4-8-16-9-5-15/h4-5,8-9,13-14,17H,3,6-7,10-12H2,1-2H3. The summed E-state index contributed by atoms with van der Waals surface area (Å²) >= 11 is 1.95. The summed E-state index contributed by atoms with van der Waals surface area (Å²) < 4.78 is 0. The second-order valence-electron chi connectivity index (χ2n) is 5.26. The maximum Gasteiger partial charge on any atom is 0.0397 e. The zero-order chi connectivity index (χ0) is 13.5. The zero-order valence-electron chi connectivity index (χ0n) is 12.0. The number of hydrogen-bond acceptors (Lipinski definition) is 4. The van der Waals surface area contributed by atoms with Crippen LogP contribution in [-0.2, 0) is 0 Å². The van der Waals surface area contributed by atoms with Crippen LogP contribution in [0.15, 0.2) is 24.5 Å². The van der Waals surface area contributed by atoms with E-state index < -0.39 is 0 Å². The molecule has 0 amide bonds. The molecular weight excluding hydrogens is 254 g/mol. The van der Waals surface area contributed by atoms with Gasteiger partial charge in [-0.15, -0.1) is 0 Å². The summed E-state index contributed by atoms with van der Waals surface area (Å²) in [6.07, 6.45) is 9.71. The van der Waals surface area contributed by atoms with Crippen molar-refractivity contribution in [3.63, 3.8) is 0 Å². The highest BCUT2D eigenvalue weighted by atomic mass is 32.2. The molecule has 106 valence electrons. The Hall–Kier alpha value is -0.740. The van der Waals surface area contributed by atoms with Crippen molar-refractivity contribution in [3.8, 4) is 0 Å². The quantitative estimate of drug-likeness (QED) is 0.867. The lowest BCUT2D eigenvalue weighted by atomic mass is 10.0. The third-order valence-electron chi connectivity index (χ3n) is 3.91. The molecule has 1 saturated heterocycles. The molecule has 1 aliphatic heterocycles. The van der Waals surface area contributed by atoms with Gasteiger partial charge in [0.05, 0.1) is 0 Å². The third-order valence-corrected chi connectivity index (χ3v) is 4.95. The molecule has 19 heavy (non-hydrogen) atoms. The maximum atomic E-state index is 4.08. The molecule has 1 N–H and O–H groups in total. The van der Waals surface area contributed by atoms with Crippen molar-refractivity contribution < 1.29 is 0 Å². The number of thioether (sulfide) groups is 1. The number of rotatable bonds is 6. The Labute approximate surface area is 121 Å². The molecule has 1 unspecified atom stereocenters. The van der Waals surface area contributed by atoms with Gasteiger partial charge in [-0.25, -0.2) is 0 Å². The number of nitrogens with zero attached hydrogens (tertiary/aromatic N) is 2. The monoisotopic (exact) mass is 279 g/mol. The summed E-state index contributed by atoms with van der Waals surface area (Å²) in [6.45, 7) is 5.76. The summed E-state index contributed by atoms with van der Waals surface area (Å²) in [5.41, 5.74) is 1.31. The average molecular weight is 279 g/mol. The molecule has 1 atom stereocenters. The van der Waals surface area contributed by atoms with E-state index in [1.54, 1.807) is 0 Å². The average Bonchev–Trinajstić information content (AvgIpc) is 2.48. The van der Waals surface area contributed by atoms with E-state index in [1.165, 1.54) is 24.9 Å². The Morgan fingerprint density at radius 1 is 1.37 bits per heavy atom. The normalized spacial score (nSPS) is 18.5. The van der Waals surface area contributed by atoms with Crippen LogP contribution in [0.1, 0.15) is 26.2 Å². The molecule has 2 heterocycles. The summed E-state index contributed by atoms with van der Waals surface area (Å²) in [5.74, 6) is 0. The molecule has 4 heteroatoms. The van der Waals surface area contributed by atoms with Crippen molar-refractivity contribution >= 4 is 17.4 Å². The van der Waals surface area contributed by atoms with Crippen molar-refractivity contribution in [2.75, 3.05) is 30.8 Å². The fourth-order valence-electron chi connectivity index (χ4n) is 2.51. The molecule has 1 aliphatic rings. The van der Waals surface area contributed by atoms with Crippen LogP contribution in [0, 0.1) is 0 Å². The molecule has 0 aliphatic carbocycles. The van der Waals surface area contributed by atoms with E-state index in [4.69, 9.17) is 0 Å². The van der Waals surface area contributed by atoms with Crippen molar-refractivity contribution in [2.24, 2.45) is 0 Å². The first kappa shape index (κ1) is 14.7. The molecule has 1 fully saturated rings. The highest BCUT2D eigenvalue weighted by Gasteiger charge is 2.18. The predicted octanol–water partition coefficient (Wildman–Crippen LogP) is 2.78. The van der Waals surface area contributed by atoms with E-state index in [2.05, 4.69) is 40.5 Å². The van der Waals surface area contributed by atoms with Crippen molar-refractivity contribution in [3.05, 3.63) is 24.5 Å². The predicted molar refractivity (Wildman–Crippen MR) is 85.1 cm³/mol. The third kappa shape index (κ3) is 4.69. The number of hydrogen-bond donors (Lipinski definition) is 1. The van der Waals surface area contributed by atoms with Gasteiger partial charge in [0.25, 0.3) is 0 Å². The second kappa shape index (κ2) is 7.75. The summed E-state index contributed by atoms with van der Waals surface area (Å²) in [4.78, 5) is 6.54. The largest absolute Gasteiger partial charge is 0.371 e. The first-order valence-electron chi connectivity index (χ1n) is 7.20. The van der Waals surface area contributed by atoms with E-state index in [1.807, 2.05) is 24.2 Å². The molecule has 1 aromatic heterocycles. The fourth-order valence-corrected chi connectivity index (χ4v) is 2.86. The van der Waals surface area contributed by atoms with Gasteiger partial charge in [0.2, 0.25) is 0 Å². The van der Waals surface area contributed by atoms with E-state index in [0.29, 0.717) is 6.04 Å². The van der Waals surface area contributed by atoms with Crippen LogP contribution in [0.4, 0.5) is 5.69 Å². The van der Waals surface area contributed by atoms with Gasteiger partial charge in [-0.1, -0.05) is 6.92 Å². The number of anilines is 1. The molecule has 0 radical (unpaired) electrons. The maximum absolute atomic E-state index is 4.08. The summed E-state index contributed by atoms with van der Waals surface area (Å²) in [6, 6.07) is 4.91. The van der Waals surface area contributed by atoms with Crippen molar-refractivity contribution in [2.45, 2.75) is 37.5 Å². The Bertz CT molecular complexity index is 350. The second-order valence-corrected chi connectivity index (χ2v) is 6.53. The number of pyridine rings is 1. The van der Waals surface area contributed by atoms with Gasteiger partial charge >= 0.3 is 0 Å². The van der Waals surface area contributed by atoms with Crippen LogP contribution in [0.5, 0.6) is 0 Å².